The summed E-state index contributed by atoms with van der Waals surface area (Å²) in [6.07, 6.45) is 60.6. The topological polar surface area (TPSA) is 155 Å². The second kappa shape index (κ2) is 56.6. The van der Waals surface area contributed by atoms with E-state index in [1.807, 2.05) is 0 Å². The largest absolute Gasteiger partial charge is 0.472 e. The van der Waals surface area contributed by atoms with Crippen LogP contribution in [0.25, 0.3) is 0 Å². The van der Waals surface area contributed by atoms with Crippen LogP contribution in [0.2, 0.25) is 0 Å². The lowest BCUT2D eigenvalue weighted by Gasteiger charge is -2.21. The van der Waals surface area contributed by atoms with Crippen molar-refractivity contribution >= 4 is 25.7 Å². The number of esters is 3. The Morgan fingerprint density at radius 3 is 1.11 bits per heavy atom. The van der Waals surface area contributed by atoms with Gasteiger partial charge in [0.05, 0.1) is 19.8 Å². The first-order chi connectivity index (χ1) is 36.2. The molecule has 3 unspecified atom stereocenters. The van der Waals surface area contributed by atoms with Crippen LogP contribution in [0.3, 0.4) is 0 Å². The molecule has 0 aromatic heterocycles. The van der Waals surface area contributed by atoms with Crippen molar-refractivity contribution in [2.24, 2.45) is 0 Å². The fourth-order valence-electron chi connectivity index (χ4n) is 8.60. The minimum atomic E-state index is -4.75. The van der Waals surface area contributed by atoms with Crippen molar-refractivity contribution in [2.45, 2.75) is 303 Å². The van der Waals surface area contributed by atoms with E-state index >= 15 is 0 Å². The molecule has 0 aliphatic heterocycles. The Morgan fingerprint density at radius 1 is 0.392 bits per heavy atom. The van der Waals surface area contributed by atoms with Gasteiger partial charge in [0.25, 0.3) is 0 Å². The average molecular weight is 1070 g/mol. The van der Waals surface area contributed by atoms with Crippen LogP contribution in [0.15, 0.2) is 48.6 Å². The summed E-state index contributed by atoms with van der Waals surface area (Å²) < 4.78 is 39.6. The third-order valence-electron chi connectivity index (χ3n) is 13.2. The molecule has 0 aliphatic carbocycles. The average Bonchev–Trinajstić information content (AvgIpc) is 3.39. The van der Waals surface area contributed by atoms with Crippen molar-refractivity contribution in [3.8, 4) is 0 Å². The van der Waals surface area contributed by atoms with Gasteiger partial charge in [-0.2, -0.15) is 0 Å². The fourth-order valence-corrected chi connectivity index (χ4v) is 9.39. The van der Waals surface area contributed by atoms with Gasteiger partial charge in [-0.1, -0.05) is 243 Å². The molecule has 0 aromatic rings. The summed E-state index contributed by atoms with van der Waals surface area (Å²) >= 11 is 0. The highest BCUT2D eigenvalue weighted by atomic mass is 31.2. The van der Waals surface area contributed by atoms with Crippen LogP contribution in [-0.4, -0.2) is 66.5 Å². The molecule has 0 aromatic carbocycles. The molecule has 0 heterocycles. The number of hydrogen-bond acceptors (Lipinski definition) is 10. The van der Waals surface area contributed by atoms with Gasteiger partial charge in [-0.05, 0) is 77.0 Å². The van der Waals surface area contributed by atoms with Crippen molar-refractivity contribution < 1.29 is 52.2 Å². The van der Waals surface area contributed by atoms with Crippen LogP contribution in [0.1, 0.15) is 290 Å². The predicted molar refractivity (Wildman–Crippen MR) is 307 cm³/mol. The monoisotopic (exact) mass is 1060 g/mol. The Labute approximate surface area is 453 Å². The Balaban J connectivity index is 4.67. The van der Waals surface area contributed by atoms with Gasteiger partial charge in [0.1, 0.15) is 12.7 Å². The Bertz CT molecular complexity index is 1430. The Hall–Kier alpha value is -2.56. The van der Waals surface area contributed by atoms with Crippen LogP contribution < -0.4 is 0 Å². The molecule has 0 bridgehead atoms. The zero-order chi connectivity index (χ0) is 54.1. The highest BCUT2D eigenvalue weighted by Gasteiger charge is 2.28. The van der Waals surface area contributed by atoms with Gasteiger partial charge in [-0.3, -0.25) is 23.4 Å². The molecule has 74 heavy (non-hydrogen) atoms. The molecule has 0 rings (SSSR count). The van der Waals surface area contributed by atoms with Gasteiger partial charge < -0.3 is 24.2 Å². The number of phosphoric ester groups is 1. The van der Waals surface area contributed by atoms with Crippen molar-refractivity contribution in [3.63, 3.8) is 0 Å². The molecule has 11 nitrogen and oxygen atoms in total. The van der Waals surface area contributed by atoms with Gasteiger partial charge >= 0.3 is 25.7 Å². The lowest BCUT2D eigenvalue weighted by Crippen LogP contribution is -2.30. The maximum Gasteiger partial charge on any atom is 0.472 e. The summed E-state index contributed by atoms with van der Waals surface area (Å²) in [4.78, 5) is 48.6. The quantitative estimate of drug-likeness (QED) is 0.0197. The van der Waals surface area contributed by atoms with Crippen LogP contribution in [0, 0.1) is 0 Å². The number of unbranched alkanes of at least 4 members (excludes halogenated alkanes) is 32. The van der Waals surface area contributed by atoms with Gasteiger partial charge in [-0.25, -0.2) is 4.57 Å². The molecule has 0 saturated carbocycles. The first kappa shape index (κ1) is 71.4. The number of ether oxygens (including phenoxy) is 3. The number of rotatable bonds is 57. The van der Waals surface area contributed by atoms with E-state index in [2.05, 4.69) is 69.4 Å². The molecular formula is C62H113O11P. The van der Waals surface area contributed by atoms with E-state index < -0.39 is 57.8 Å². The van der Waals surface area contributed by atoms with Crippen LogP contribution >= 0.6 is 7.82 Å². The number of hydrogen-bond donors (Lipinski definition) is 2. The fraction of sp³-hybridized carbons (Fsp3) is 0.823. The molecule has 3 atom stereocenters. The third-order valence-corrected chi connectivity index (χ3v) is 14.2. The van der Waals surface area contributed by atoms with Crippen LogP contribution in [0.5, 0.6) is 0 Å². The van der Waals surface area contributed by atoms with Gasteiger partial charge in [0.15, 0.2) is 6.10 Å². The third kappa shape index (κ3) is 54.2. The van der Waals surface area contributed by atoms with Gasteiger partial charge in [0, 0.05) is 19.3 Å². The molecule has 0 saturated heterocycles. The van der Waals surface area contributed by atoms with E-state index in [0.717, 1.165) is 116 Å². The second-order valence-electron chi connectivity index (χ2n) is 20.5. The lowest BCUT2D eigenvalue weighted by atomic mass is 10.0. The highest BCUT2D eigenvalue weighted by Crippen LogP contribution is 2.43. The van der Waals surface area contributed by atoms with E-state index in [9.17, 15) is 28.9 Å². The molecule has 2 N–H and O–H groups in total. The summed E-state index contributed by atoms with van der Waals surface area (Å²) in [6.45, 7) is 4.55. The molecule has 12 heteroatoms. The number of carbonyl (C=O) groups is 3. The van der Waals surface area contributed by atoms with Crippen molar-refractivity contribution in [1.82, 2.24) is 0 Å². The first-order valence-corrected chi connectivity index (χ1v) is 32.0. The maximum atomic E-state index is 12.9. The van der Waals surface area contributed by atoms with Gasteiger partial charge in [0.2, 0.25) is 0 Å². The number of allylic oxidation sites excluding steroid dienone is 8. The summed E-state index contributed by atoms with van der Waals surface area (Å²) in [7, 11) is -4.75. The predicted octanol–water partition coefficient (Wildman–Crippen LogP) is 18.1. The van der Waals surface area contributed by atoms with E-state index in [-0.39, 0.29) is 25.9 Å². The minimum absolute atomic E-state index is 0.156. The second-order valence-corrected chi connectivity index (χ2v) is 21.9. The highest BCUT2D eigenvalue weighted by molar-refractivity contribution is 7.47. The van der Waals surface area contributed by atoms with Gasteiger partial charge in [-0.15, -0.1) is 0 Å². The van der Waals surface area contributed by atoms with E-state index in [1.165, 1.54) is 116 Å². The molecule has 0 radical (unpaired) electrons. The van der Waals surface area contributed by atoms with Crippen LogP contribution in [0.4, 0.5) is 0 Å². The summed E-state index contributed by atoms with van der Waals surface area (Å²) in [5.41, 5.74) is 0. The van der Waals surface area contributed by atoms with Crippen molar-refractivity contribution in [3.05, 3.63) is 48.6 Å². The van der Waals surface area contributed by atoms with Crippen LogP contribution in [-0.2, 0) is 42.2 Å². The Kier molecular flexibility index (Phi) is 54.7. The maximum absolute atomic E-state index is 12.9. The summed E-state index contributed by atoms with van der Waals surface area (Å²) in [5, 5.41) is 9.84. The van der Waals surface area contributed by atoms with E-state index in [4.69, 9.17) is 23.3 Å². The molecule has 0 fully saturated rings. The van der Waals surface area contributed by atoms with Crippen molar-refractivity contribution in [2.75, 3.05) is 26.4 Å². The van der Waals surface area contributed by atoms with Crippen molar-refractivity contribution in [1.29, 1.82) is 0 Å². The zero-order valence-corrected chi connectivity index (χ0v) is 48.7. The standard InChI is InChI=1S/C62H113O11P/c1-4-7-10-13-16-19-22-25-27-29-31-34-37-40-43-46-49-52-61(65)72-58(54-63)56-70-74(67,68)71-57-59(55-69-60(64)51-48-45-42-39-36-33-24-21-18-15-12-9-6-3)73-62(66)53-50-47-44-41-38-35-32-30-28-26-23-20-17-14-11-8-5-2/h8,11,17,20-21,24,26,28,58-59,63H,4-7,9-10,12-16,18-19,22-23,25,27,29-57H2,1-3H3,(H,67,68)/b11-8-,20-17-,24-21-,28-26-. The minimum Gasteiger partial charge on any atom is -0.462 e. The van der Waals surface area contributed by atoms with E-state index in [0.29, 0.717) is 19.3 Å². The molecule has 0 amide bonds. The molecular weight excluding hydrogens is 952 g/mol. The molecule has 0 spiro atoms. The SMILES string of the molecule is CC/C=C\C/C=C\C/C=C\CCCCCCCCCC(=O)OC(COC(=O)CCCCCCC/C=C\CCCCCC)COP(=O)(O)OCC(CO)OC(=O)CCCCCCCCCCCCCCCCCCC. The summed E-state index contributed by atoms with van der Waals surface area (Å²) in [5.74, 6) is -1.47. The summed E-state index contributed by atoms with van der Waals surface area (Å²) in [6, 6.07) is 0. The number of aliphatic hydroxyl groups is 1. The Morgan fingerprint density at radius 2 is 0.703 bits per heavy atom. The zero-order valence-electron chi connectivity index (χ0n) is 47.8. The molecule has 0 aliphatic rings. The smallest absolute Gasteiger partial charge is 0.462 e. The number of carbonyl (C=O) groups excluding carboxylic acids is 3. The normalized spacial score (nSPS) is 13.6. The first-order valence-electron chi connectivity index (χ1n) is 30.5. The van der Waals surface area contributed by atoms with E-state index in [1.54, 1.807) is 0 Å². The molecule has 432 valence electrons. The number of aliphatic hydroxyl groups excluding tert-OH is 1. The lowest BCUT2D eigenvalue weighted by molar-refractivity contribution is -0.161. The number of phosphoric acid groups is 1.